The summed E-state index contributed by atoms with van der Waals surface area (Å²) < 4.78 is 5.46. The summed E-state index contributed by atoms with van der Waals surface area (Å²) in [5.74, 6) is 0. The molecule has 0 saturated carbocycles. The number of nitrogens with one attached hydrogen (secondary N) is 1. The van der Waals surface area contributed by atoms with Crippen molar-refractivity contribution in [3.05, 3.63) is 35.9 Å². The lowest BCUT2D eigenvalue weighted by molar-refractivity contribution is 0.113. The first-order valence-corrected chi connectivity index (χ1v) is 8.40. The van der Waals surface area contributed by atoms with Gasteiger partial charge in [0.2, 0.25) is 0 Å². The van der Waals surface area contributed by atoms with E-state index in [1.165, 1.54) is 12.0 Å². The smallest absolute Gasteiger partial charge is 0.0593 e. The first-order valence-electron chi connectivity index (χ1n) is 8.40. The summed E-state index contributed by atoms with van der Waals surface area (Å²) in [5, 5.41) is 3.67. The third kappa shape index (κ3) is 7.60. The zero-order valence-corrected chi connectivity index (χ0v) is 14.0. The zero-order chi connectivity index (χ0) is 15.3. The summed E-state index contributed by atoms with van der Waals surface area (Å²) in [6.45, 7) is 12.4. The fraction of sp³-hybridized carbons (Fsp3) is 0.667. The molecule has 3 heteroatoms. The van der Waals surface area contributed by atoms with E-state index in [0.29, 0.717) is 6.04 Å². The van der Waals surface area contributed by atoms with Crippen LogP contribution in [-0.2, 0) is 4.74 Å². The van der Waals surface area contributed by atoms with Crippen LogP contribution in [-0.4, -0.2) is 44.3 Å². The van der Waals surface area contributed by atoms with Crippen molar-refractivity contribution < 1.29 is 4.74 Å². The molecule has 1 aromatic rings. The maximum atomic E-state index is 5.46. The van der Waals surface area contributed by atoms with Crippen molar-refractivity contribution in [1.29, 1.82) is 0 Å². The maximum Gasteiger partial charge on any atom is 0.0593 e. The van der Waals surface area contributed by atoms with Crippen LogP contribution in [0.15, 0.2) is 30.3 Å². The van der Waals surface area contributed by atoms with E-state index < -0.39 is 0 Å². The summed E-state index contributed by atoms with van der Waals surface area (Å²) in [6.07, 6.45) is 2.31. The monoisotopic (exact) mass is 292 g/mol. The number of ether oxygens (including phenoxy) is 1. The Morgan fingerprint density at radius 3 is 2.48 bits per heavy atom. The van der Waals surface area contributed by atoms with Crippen LogP contribution in [0.3, 0.4) is 0 Å². The van der Waals surface area contributed by atoms with Gasteiger partial charge in [-0.25, -0.2) is 0 Å². The molecule has 3 nitrogen and oxygen atoms in total. The molecule has 1 rings (SSSR count). The Morgan fingerprint density at radius 2 is 1.86 bits per heavy atom. The van der Waals surface area contributed by atoms with Gasteiger partial charge in [0.25, 0.3) is 0 Å². The molecule has 21 heavy (non-hydrogen) atoms. The second-order valence-electron chi connectivity index (χ2n) is 5.34. The molecule has 1 atom stereocenters. The molecule has 1 unspecified atom stereocenters. The predicted molar refractivity (Wildman–Crippen MR) is 90.7 cm³/mol. The highest BCUT2D eigenvalue weighted by Gasteiger charge is 2.12. The molecule has 0 aliphatic rings. The van der Waals surface area contributed by atoms with Gasteiger partial charge in [0, 0.05) is 25.7 Å². The average Bonchev–Trinajstić information content (AvgIpc) is 2.54. The fourth-order valence-corrected chi connectivity index (χ4v) is 2.47. The van der Waals surface area contributed by atoms with Crippen LogP contribution in [0.2, 0.25) is 0 Å². The van der Waals surface area contributed by atoms with Crippen LogP contribution in [0.1, 0.15) is 45.2 Å². The summed E-state index contributed by atoms with van der Waals surface area (Å²) >= 11 is 0. The number of hydrogen-bond acceptors (Lipinski definition) is 3. The van der Waals surface area contributed by atoms with Crippen LogP contribution in [0.4, 0.5) is 0 Å². The summed E-state index contributed by atoms with van der Waals surface area (Å²) in [4.78, 5) is 2.47. The Hall–Kier alpha value is -0.900. The van der Waals surface area contributed by atoms with Crippen LogP contribution >= 0.6 is 0 Å². The van der Waals surface area contributed by atoms with E-state index in [1.807, 2.05) is 0 Å². The quantitative estimate of drug-likeness (QED) is 0.597. The van der Waals surface area contributed by atoms with Crippen molar-refractivity contribution in [3.8, 4) is 0 Å². The lowest BCUT2D eigenvalue weighted by atomic mass is 10.0. The van der Waals surface area contributed by atoms with Gasteiger partial charge in [-0.15, -0.1) is 0 Å². The van der Waals surface area contributed by atoms with Crippen molar-refractivity contribution >= 4 is 0 Å². The molecule has 0 aliphatic heterocycles. The van der Waals surface area contributed by atoms with Gasteiger partial charge in [0.05, 0.1) is 6.61 Å². The Bertz CT molecular complexity index is 342. The highest BCUT2D eigenvalue weighted by atomic mass is 16.5. The number of benzene rings is 1. The Labute approximate surface area is 130 Å². The number of nitrogens with zero attached hydrogens (tertiary/aromatic N) is 1. The Kier molecular flexibility index (Phi) is 10.1. The zero-order valence-electron chi connectivity index (χ0n) is 14.0. The second-order valence-corrected chi connectivity index (χ2v) is 5.34. The van der Waals surface area contributed by atoms with Crippen molar-refractivity contribution in [3.63, 3.8) is 0 Å². The molecule has 0 aromatic heterocycles. The van der Waals surface area contributed by atoms with Crippen molar-refractivity contribution in [2.24, 2.45) is 0 Å². The molecule has 1 aromatic carbocycles. The van der Waals surface area contributed by atoms with Gasteiger partial charge in [-0.2, -0.15) is 0 Å². The van der Waals surface area contributed by atoms with E-state index in [1.54, 1.807) is 0 Å². The number of hydrogen-bond donors (Lipinski definition) is 1. The molecule has 0 amide bonds. The first kappa shape index (κ1) is 18.1. The molecule has 0 bridgehead atoms. The molecule has 0 fully saturated rings. The van der Waals surface area contributed by atoms with Crippen LogP contribution in [0.25, 0.3) is 0 Å². The Balaban J connectivity index is 2.48. The molecule has 0 aliphatic carbocycles. The van der Waals surface area contributed by atoms with Crippen LogP contribution in [0, 0.1) is 0 Å². The SMILES string of the molecule is CCCNC(CCN(CC)CCOCC)c1ccccc1. The van der Waals surface area contributed by atoms with Gasteiger partial charge in [-0.05, 0) is 38.4 Å². The van der Waals surface area contributed by atoms with E-state index in [2.05, 4.69) is 61.3 Å². The minimum atomic E-state index is 0.451. The van der Waals surface area contributed by atoms with Gasteiger partial charge in [0.1, 0.15) is 0 Å². The topological polar surface area (TPSA) is 24.5 Å². The van der Waals surface area contributed by atoms with Gasteiger partial charge >= 0.3 is 0 Å². The minimum Gasteiger partial charge on any atom is -0.380 e. The Morgan fingerprint density at radius 1 is 1.10 bits per heavy atom. The van der Waals surface area contributed by atoms with E-state index in [9.17, 15) is 0 Å². The molecular weight excluding hydrogens is 260 g/mol. The lowest BCUT2D eigenvalue weighted by Crippen LogP contribution is -2.32. The van der Waals surface area contributed by atoms with E-state index in [-0.39, 0.29) is 0 Å². The van der Waals surface area contributed by atoms with Crippen molar-refractivity contribution in [1.82, 2.24) is 10.2 Å². The predicted octanol–water partition coefficient (Wildman–Crippen LogP) is 3.48. The molecule has 120 valence electrons. The summed E-state index contributed by atoms with van der Waals surface area (Å²) in [7, 11) is 0. The van der Waals surface area contributed by atoms with E-state index in [4.69, 9.17) is 4.74 Å². The average molecular weight is 292 g/mol. The number of likely N-dealkylation sites (N-methyl/N-ethyl adjacent to an activating group) is 1. The van der Waals surface area contributed by atoms with Gasteiger partial charge in [-0.1, -0.05) is 44.2 Å². The largest absolute Gasteiger partial charge is 0.380 e. The normalized spacial score (nSPS) is 12.8. The van der Waals surface area contributed by atoms with Crippen LogP contribution in [0.5, 0.6) is 0 Å². The fourth-order valence-electron chi connectivity index (χ4n) is 2.47. The molecule has 1 N–H and O–H groups in total. The number of rotatable bonds is 12. The third-order valence-electron chi connectivity index (χ3n) is 3.78. The standard InChI is InChI=1S/C18H32N2O/c1-4-13-19-18(17-10-8-7-9-11-17)12-14-20(5-2)15-16-21-6-3/h7-11,18-19H,4-6,12-16H2,1-3H3. The van der Waals surface area contributed by atoms with E-state index in [0.717, 1.165) is 45.8 Å². The first-order chi connectivity index (χ1) is 10.3. The molecular formula is C18H32N2O. The third-order valence-corrected chi connectivity index (χ3v) is 3.78. The highest BCUT2D eigenvalue weighted by molar-refractivity contribution is 5.18. The molecule has 0 saturated heterocycles. The lowest BCUT2D eigenvalue weighted by Gasteiger charge is -2.25. The van der Waals surface area contributed by atoms with Crippen molar-refractivity contribution in [2.75, 3.05) is 39.4 Å². The second kappa shape index (κ2) is 11.7. The molecule has 0 radical (unpaired) electrons. The molecule has 0 spiro atoms. The highest BCUT2D eigenvalue weighted by Crippen LogP contribution is 2.17. The minimum absolute atomic E-state index is 0.451. The van der Waals surface area contributed by atoms with Gasteiger partial charge in [0.15, 0.2) is 0 Å². The van der Waals surface area contributed by atoms with Gasteiger partial charge in [-0.3, -0.25) is 0 Å². The van der Waals surface area contributed by atoms with Crippen molar-refractivity contribution in [2.45, 2.75) is 39.7 Å². The maximum absolute atomic E-state index is 5.46. The summed E-state index contributed by atoms with van der Waals surface area (Å²) in [6, 6.07) is 11.2. The van der Waals surface area contributed by atoms with E-state index >= 15 is 0 Å². The summed E-state index contributed by atoms with van der Waals surface area (Å²) in [5.41, 5.74) is 1.40. The van der Waals surface area contributed by atoms with Gasteiger partial charge < -0.3 is 15.0 Å². The van der Waals surface area contributed by atoms with Crippen LogP contribution < -0.4 is 5.32 Å². The molecule has 0 heterocycles.